The summed E-state index contributed by atoms with van der Waals surface area (Å²) in [6.45, 7) is 12.6. The molecule has 3 unspecified atom stereocenters. The van der Waals surface area contributed by atoms with Crippen molar-refractivity contribution >= 4 is 17.5 Å². The van der Waals surface area contributed by atoms with E-state index >= 15 is 0 Å². The lowest BCUT2D eigenvalue weighted by molar-refractivity contribution is -0.140. The van der Waals surface area contributed by atoms with Crippen molar-refractivity contribution in [1.82, 2.24) is 0 Å². The summed E-state index contributed by atoms with van der Waals surface area (Å²) >= 11 is 0. The topological polar surface area (TPSA) is 73.0 Å². The number of hydrogen-bond acceptors (Lipinski definition) is 5. The summed E-state index contributed by atoms with van der Waals surface area (Å²) in [6.07, 6.45) is 6.80. The number of carbonyl (C=O) groups excluding carboxylic acids is 3. The normalized spacial score (nSPS) is 40.6. The van der Waals surface area contributed by atoms with Crippen LogP contribution in [0, 0.1) is 22.7 Å². The van der Waals surface area contributed by atoms with E-state index in [0.29, 0.717) is 12.3 Å². The fourth-order valence-electron chi connectivity index (χ4n) is 6.65. The fourth-order valence-corrected chi connectivity index (χ4v) is 6.65. The predicted octanol–water partition coefficient (Wildman–Crippen LogP) is 3.95. The lowest BCUT2D eigenvalue weighted by atomic mass is 9.46. The average molecular weight is 401 g/mol. The number of esters is 1. The van der Waals surface area contributed by atoms with Crippen LogP contribution in [-0.2, 0) is 23.9 Å². The van der Waals surface area contributed by atoms with Crippen molar-refractivity contribution in [3.63, 3.8) is 0 Å². The summed E-state index contributed by atoms with van der Waals surface area (Å²) in [4.78, 5) is 36.8. The van der Waals surface area contributed by atoms with Gasteiger partial charge in [0.15, 0.2) is 23.3 Å². The Morgan fingerprint density at radius 3 is 2.69 bits per heavy atom. The minimum absolute atomic E-state index is 0.0768. The van der Waals surface area contributed by atoms with Gasteiger partial charge in [-0.25, -0.2) is 0 Å². The maximum atomic E-state index is 13.0. The van der Waals surface area contributed by atoms with Crippen LogP contribution in [-0.4, -0.2) is 35.8 Å². The van der Waals surface area contributed by atoms with Gasteiger partial charge in [-0.2, -0.15) is 0 Å². The van der Waals surface area contributed by atoms with E-state index in [1.807, 2.05) is 0 Å². The molecule has 4 rings (SSSR count). The summed E-state index contributed by atoms with van der Waals surface area (Å²) in [5, 5.41) is 0. The van der Waals surface area contributed by atoms with Gasteiger partial charge < -0.3 is 9.47 Å². The van der Waals surface area contributed by atoms with Crippen molar-refractivity contribution in [1.29, 1.82) is 0 Å². The van der Waals surface area contributed by atoms with Crippen molar-refractivity contribution in [3.8, 4) is 0 Å². The van der Waals surface area contributed by atoms with Crippen molar-refractivity contribution in [2.45, 2.75) is 77.9 Å². The highest BCUT2D eigenvalue weighted by Crippen LogP contribution is 2.64. The molecule has 1 heterocycles. The van der Waals surface area contributed by atoms with E-state index < -0.39 is 17.7 Å². The van der Waals surface area contributed by atoms with Crippen LogP contribution in [0.2, 0.25) is 0 Å². The van der Waals surface area contributed by atoms with Crippen molar-refractivity contribution in [2.75, 3.05) is 6.61 Å². The van der Waals surface area contributed by atoms with Crippen LogP contribution < -0.4 is 0 Å². The predicted molar refractivity (Wildman–Crippen MR) is 108 cm³/mol. The highest BCUT2D eigenvalue weighted by Gasteiger charge is 2.69. The Labute approximate surface area is 172 Å². The van der Waals surface area contributed by atoms with Gasteiger partial charge in [0.05, 0.1) is 0 Å². The van der Waals surface area contributed by atoms with Crippen molar-refractivity contribution in [2.24, 2.45) is 22.7 Å². The van der Waals surface area contributed by atoms with E-state index in [1.54, 1.807) is 0 Å². The molecule has 0 amide bonds. The molecule has 5 atom stereocenters. The summed E-state index contributed by atoms with van der Waals surface area (Å²) in [5.41, 5.74) is 0.731. The van der Waals surface area contributed by atoms with Crippen LogP contribution in [0.5, 0.6) is 0 Å². The molecule has 0 aromatic rings. The van der Waals surface area contributed by atoms with Gasteiger partial charge in [-0.1, -0.05) is 39.3 Å². The van der Waals surface area contributed by atoms with E-state index in [1.165, 1.54) is 31.4 Å². The largest absolute Gasteiger partial charge is 0.461 e. The highest BCUT2D eigenvalue weighted by molar-refractivity contribution is 6.18. The fraction of sp³-hybridized carbons (Fsp3) is 0.708. The van der Waals surface area contributed by atoms with E-state index in [9.17, 15) is 14.4 Å². The number of allylic oxidation sites excluding steroid dienone is 1. The molecule has 0 radical (unpaired) electrons. The molecule has 1 saturated heterocycles. The molecule has 1 aliphatic heterocycles. The Kier molecular flexibility index (Phi) is 4.69. The summed E-state index contributed by atoms with van der Waals surface area (Å²) in [6, 6.07) is 0. The lowest BCUT2D eigenvalue weighted by Gasteiger charge is -2.58. The molecule has 4 aliphatic rings. The molecule has 3 aliphatic carbocycles. The van der Waals surface area contributed by atoms with Crippen molar-refractivity contribution < 1.29 is 23.9 Å². The minimum atomic E-state index is -1.04. The van der Waals surface area contributed by atoms with Crippen LogP contribution >= 0.6 is 0 Å². The number of carbonyl (C=O) groups is 3. The number of Topliss-reactive ketones (excluding diaryl/α,β-unsaturated/α-hetero) is 1. The zero-order chi connectivity index (χ0) is 21.2. The second-order valence-electron chi connectivity index (χ2n) is 10.4. The minimum Gasteiger partial charge on any atom is -0.461 e. The molecular formula is C24H32O5. The van der Waals surface area contributed by atoms with Gasteiger partial charge in [0.25, 0.3) is 0 Å². The van der Waals surface area contributed by atoms with Crippen molar-refractivity contribution in [3.05, 3.63) is 23.8 Å². The summed E-state index contributed by atoms with van der Waals surface area (Å²) < 4.78 is 10.7. The molecule has 0 aromatic carbocycles. The van der Waals surface area contributed by atoms with Gasteiger partial charge in [-0.05, 0) is 60.8 Å². The third-order valence-corrected chi connectivity index (χ3v) is 8.23. The third-order valence-electron chi connectivity index (χ3n) is 8.23. The Morgan fingerprint density at radius 2 is 2.00 bits per heavy atom. The van der Waals surface area contributed by atoms with Gasteiger partial charge in [0, 0.05) is 12.5 Å². The lowest BCUT2D eigenvalue weighted by Crippen LogP contribution is -2.51. The Balaban J connectivity index is 1.59. The smallest absolute Gasteiger partial charge is 0.302 e. The zero-order valence-corrected chi connectivity index (χ0v) is 18.0. The third kappa shape index (κ3) is 3.13. The monoisotopic (exact) mass is 400 g/mol. The van der Waals surface area contributed by atoms with Gasteiger partial charge >= 0.3 is 5.97 Å². The maximum Gasteiger partial charge on any atom is 0.302 e. The Bertz CT molecular complexity index is 821. The molecule has 29 heavy (non-hydrogen) atoms. The van der Waals surface area contributed by atoms with Gasteiger partial charge in [0.1, 0.15) is 6.61 Å². The van der Waals surface area contributed by atoms with E-state index in [-0.39, 0.29) is 40.5 Å². The average Bonchev–Trinajstić information content (AvgIpc) is 3.36. The van der Waals surface area contributed by atoms with Gasteiger partial charge in [-0.15, -0.1) is 0 Å². The summed E-state index contributed by atoms with van der Waals surface area (Å²) in [7, 11) is 0. The second-order valence-corrected chi connectivity index (χ2v) is 10.4. The van der Waals surface area contributed by atoms with E-state index in [2.05, 4.69) is 27.4 Å². The highest BCUT2D eigenvalue weighted by atomic mass is 16.6. The number of ketones is 2. The first-order chi connectivity index (χ1) is 13.5. The van der Waals surface area contributed by atoms with Crippen LogP contribution in [0.15, 0.2) is 23.8 Å². The first-order valence-corrected chi connectivity index (χ1v) is 10.8. The number of fused-ring (bicyclic) bond motifs is 2. The van der Waals surface area contributed by atoms with E-state index in [4.69, 9.17) is 9.47 Å². The van der Waals surface area contributed by atoms with Gasteiger partial charge in [-0.3, -0.25) is 14.4 Å². The van der Waals surface area contributed by atoms with Crippen LogP contribution in [0.3, 0.4) is 0 Å². The number of ether oxygens (including phenoxy) is 2. The molecule has 0 aromatic heterocycles. The van der Waals surface area contributed by atoms with Gasteiger partial charge in [0.2, 0.25) is 0 Å². The second kappa shape index (κ2) is 6.63. The zero-order valence-electron chi connectivity index (χ0n) is 18.0. The number of rotatable bonds is 4. The Morgan fingerprint density at radius 1 is 1.28 bits per heavy atom. The first-order valence-electron chi connectivity index (χ1n) is 10.8. The van der Waals surface area contributed by atoms with E-state index in [0.717, 1.165) is 19.3 Å². The molecule has 0 bridgehead atoms. The van der Waals surface area contributed by atoms with Crippen LogP contribution in [0.25, 0.3) is 0 Å². The number of hydrogen-bond donors (Lipinski definition) is 0. The number of epoxide rings is 1. The molecule has 0 N–H and O–H groups in total. The summed E-state index contributed by atoms with van der Waals surface area (Å²) in [5.74, 6) is -0.115. The molecule has 2 saturated carbocycles. The molecular weight excluding hydrogens is 368 g/mol. The molecule has 5 nitrogen and oxygen atoms in total. The standard InChI is InChI=1S/C24H32O5/c1-14-7-8-18-22(3,4)9-6-10-23(18,5)17(14)12-24-19(26)11-16(13-28-15(2)25)20(27)21(24)29-24/h11,17-18,21H,1,6-10,12-13H2,2-5H3/t17-,18?,21?,23+,24?/m0/s1. The van der Waals surface area contributed by atoms with Crippen LogP contribution in [0.1, 0.15) is 66.2 Å². The van der Waals surface area contributed by atoms with Crippen LogP contribution in [0.4, 0.5) is 0 Å². The molecule has 158 valence electrons. The molecule has 3 fully saturated rings. The molecule has 0 spiro atoms. The SMILES string of the molecule is C=C1CCC2C(C)(C)CCC[C@]2(C)[C@H]1CC12OC1C(=O)C(COC(C)=O)=CC2=O. The quantitative estimate of drug-likeness (QED) is 0.406. The maximum absolute atomic E-state index is 13.0. The first kappa shape index (κ1) is 20.5. The Hall–Kier alpha value is -1.75. The molecule has 5 heteroatoms.